The molecule has 0 saturated heterocycles. The Morgan fingerprint density at radius 1 is 1.40 bits per heavy atom. The number of rotatable bonds is 5. The minimum atomic E-state index is -0.799. The van der Waals surface area contributed by atoms with Gasteiger partial charge < -0.3 is 9.63 Å². The summed E-state index contributed by atoms with van der Waals surface area (Å²) in [5.74, 6) is 0.765. The van der Waals surface area contributed by atoms with Crippen molar-refractivity contribution in [3.63, 3.8) is 0 Å². The Kier molecular flexibility index (Phi) is 4.96. The fraction of sp³-hybridized carbons (Fsp3) is 0.308. The van der Waals surface area contributed by atoms with E-state index in [1.165, 1.54) is 0 Å². The minimum absolute atomic E-state index is 0.0285. The quantitative estimate of drug-likeness (QED) is 0.918. The first-order chi connectivity index (χ1) is 9.58. The third-order valence-corrected chi connectivity index (χ3v) is 3.20. The molecule has 5 nitrogen and oxygen atoms in total. The Balaban J connectivity index is 2.04. The number of nitriles is 1. The molecule has 1 aromatic heterocycles. The van der Waals surface area contributed by atoms with Gasteiger partial charge in [-0.25, -0.2) is 0 Å². The molecule has 1 heterocycles. The van der Waals surface area contributed by atoms with Gasteiger partial charge in [-0.15, -0.1) is 0 Å². The number of aromatic nitrogens is 2. The lowest BCUT2D eigenvalue weighted by molar-refractivity contribution is 0.167. The molecule has 2 aromatic rings. The van der Waals surface area contributed by atoms with E-state index in [9.17, 15) is 5.11 Å². The highest BCUT2D eigenvalue weighted by atomic mass is 35.5. The van der Waals surface area contributed by atoms with Crippen LogP contribution in [0, 0.1) is 11.3 Å². The van der Waals surface area contributed by atoms with Gasteiger partial charge in [0.25, 0.3) is 0 Å². The first-order valence-corrected chi connectivity index (χ1v) is 6.64. The van der Waals surface area contributed by atoms with E-state index in [2.05, 4.69) is 10.1 Å². The maximum absolute atomic E-state index is 9.49. The lowest BCUT2D eigenvalue weighted by Crippen LogP contribution is -2.09. The zero-order valence-electron chi connectivity index (χ0n) is 10.4. The summed E-state index contributed by atoms with van der Waals surface area (Å²) in [7, 11) is 0. The summed E-state index contributed by atoms with van der Waals surface area (Å²) in [5.41, 5.74) is 0.834. The van der Waals surface area contributed by atoms with Crippen LogP contribution in [0.3, 0.4) is 0 Å². The van der Waals surface area contributed by atoms with E-state index >= 15 is 0 Å². The van der Waals surface area contributed by atoms with Gasteiger partial charge in [0.05, 0.1) is 25.0 Å². The summed E-state index contributed by atoms with van der Waals surface area (Å²) in [6.45, 7) is 0. The summed E-state index contributed by atoms with van der Waals surface area (Å²) in [6.07, 6.45) is -0.198. The normalized spacial score (nSPS) is 12.1. The van der Waals surface area contributed by atoms with E-state index in [0.717, 1.165) is 5.56 Å². The van der Waals surface area contributed by atoms with Crippen molar-refractivity contribution >= 4 is 23.2 Å². The maximum Gasteiger partial charge on any atom is 0.229 e. The van der Waals surface area contributed by atoms with Crippen LogP contribution in [0.15, 0.2) is 22.7 Å². The number of benzene rings is 1. The average Bonchev–Trinajstić information content (AvgIpc) is 2.80. The first-order valence-electron chi connectivity index (χ1n) is 5.89. The van der Waals surface area contributed by atoms with Crippen LogP contribution in [-0.4, -0.2) is 21.4 Å². The van der Waals surface area contributed by atoms with E-state index in [1.54, 1.807) is 18.2 Å². The molecule has 0 spiro atoms. The molecule has 1 aromatic carbocycles. The Hall–Kier alpha value is -1.61. The summed E-state index contributed by atoms with van der Waals surface area (Å²) >= 11 is 11.9. The fourth-order valence-electron chi connectivity index (χ4n) is 1.66. The Morgan fingerprint density at radius 3 is 2.90 bits per heavy atom. The van der Waals surface area contributed by atoms with Gasteiger partial charge in [0.15, 0.2) is 5.82 Å². The highest BCUT2D eigenvalue weighted by Crippen LogP contribution is 2.22. The summed E-state index contributed by atoms with van der Waals surface area (Å²) in [4.78, 5) is 4.15. The van der Waals surface area contributed by atoms with Gasteiger partial charge in [-0.3, -0.25) is 0 Å². The molecule has 104 valence electrons. The van der Waals surface area contributed by atoms with E-state index < -0.39 is 6.10 Å². The highest BCUT2D eigenvalue weighted by molar-refractivity contribution is 6.35. The predicted molar refractivity (Wildman–Crippen MR) is 73.5 cm³/mol. The molecule has 20 heavy (non-hydrogen) atoms. The largest absolute Gasteiger partial charge is 0.392 e. The van der Waals surface area contributed by atoms with Gasteiger partial charge in [-0.1, -0.05) is 34.4 Å². The molecule has 2 rings (SSSR count). The topological polar surface area (TPSA) is 82.9 Å². The molecular formula is C13H11Cl2N3O2. The van der Waals surface area contributed by atoms with Gasteiger partial charge in [-0.05, 0) is 17.7 Å². The molecule has 0 bridgehead atoms. The van der Waals surface area contributed by atoms with Gasteiger partial charge in [0, 0.05) is 16.5 Å². The van der Waals surface area contributed by atoms with Crippen LogP contribution in [0.2, 0.25) is 10.0 Å². The van der Waals surface area contributed by atoms with Crippen molar-refractivity contribution in [2.75, 3.05) is 0 Å². The zero-order valence-corrected chi connectivity index (χ0v) is 11.9. The lowest BCUT2D eigenvalue weighted by atomic mass is 10.1. The third-order valence-electron chi connectivity index (χ3n) is 2.61. The van der Waals surface area contributed by atoms with Crippen LogP contribution in [-0.2, 0) is 12.8 Å². The molecule has 0 aliphatic rings. The Bertz CT molecular complexity index is 637. The maximum atomic E-state index is 9.49. The molecule has 1 N–H and O–H groups in total. The number of hydrogen-bond acceptors (Lipinski definition) is 5. The molecule has 1 atom stereocenters. The number of aliphatic hydroxyl groups is 1. The molecule has 0 amide bonds. The molecular weight excluding hydrogens is 301 g/mol. The molecule has 0 fully saturated rings. The standard InChI is InChI=1S/C13H11Cl2N3O2/c14-9-2-1-8(11(15)6-9)5-12-17-13(20-18-12)7-10(19)3-4-16/h1-2,6,10,19H,3,5,7H2. The minimum Gasteiger partial charge on any atom is -0.392 e. The summed E-state index contributed by atoms with van der Waals surface area (Å²) in [6, 6.07) is 7.06. The van der Waals surface area contributed by atoms with Crippen LogP contribution in [0.1, 0.15) is 23.7 Å². The van der Waals surface area contributed by atoms with Crippen molar-refractivity contribution in [1.82, 2.24) is 10.1 Å². The van der Waals surface area contributed by atoms with E-state index in [0.29, 0.717) is 28.2 Å². The van der Waals surface area contributed by atoms with Crippen molar-refractivity contribution in [3.8, 4) is 6.07 Å². The van der Waals surface area contributed by atoms with Crippen LogP contribution in [0.25, 0.3) is 0 Å². The summed E-state index contributed by atoms with van der Waals surface area (Å²) in [5, 5.41) is 22.9. The fourth-order valence-corrected chi connectivity index (χ4v) is 2.13. The van der Waals surface area contributed by atoms with E-state index in [4.69, 9.17) is 33.0 Å². The van der Waals surface area contributed by atoms with Crippen molar-refractivity contribution in [2.45, 2.75) is 25.4 Å². The zero-order chi connectivity index (χ0) is 14.5. The molecule has 0 radical (unpaired) electrons. The van der Waals surface area contributed by atoms with Crippen LogP contribution in [0.4, 0.5) is 0 Å². The molecule has 0 aliphatic heterocycles. The first kappa shape index (κ1) is 14.8. The predicted octanol–water partition coefficient (Wildman–Crippen LogP) is 2.78. The van der Waals surface area contributed by atoms with Crippen molar-refractivity contribution in [2.24, 2.45) is 0 Å². The van der Waals surface area contributed by atoms with E-state index in [1.807, 2.05) is 6.07 Å². The van der Waals surface area contributed by atoms with Crippen molar-refractivity contribution in [1.29, 1.82) is 5.26 Å². The molecule has 7 heteroatoms. The second-order valence-electron chi connectivity index (χ2n) is 4.24. The SMILES string of the molecule is N#CCC(O)Cc1nc(Cc2ccc(Cl)cc2Cl)no1. The molecule has 1 unspecified atom stereocenters. The highest BCUT2D eigenvalue weighted by Gasteiger charge is 2.13. The van der Waals surface area contributed by atoms with Gasteiger partial charge in [0.2, 0.25) is 5.89 Å². The van der Waals surface area contributed by atoms with Gasteiger partial charge >= 0.3 is 0 Å². The second-order valence-corrected chi connectivity index (χ2v) is 5.08. The Morgan fingerprint density at radius 2 is 2.20 bits per heavy atom. The molecule has 0 saturated carbocycles. The van der Waals surface area contributed by atoms with Crippen LogP contribution < -0.4 is 0 Å². The number of nitrogens with zero attached hydrogens (tertiary/aromatic N) is 3. The van der Waals surface area contributed by atoms with Gasteiger partial charge in [0.1, 0.15) is 0 Å². The Labute approximate surface area is 125 Å². The van der Waals surface area contributed by atoms with E-state index in [-0.39, 0.29) is 12.8 Å². The van der Waals surface area contributed by atoms with Crippen molar-refractivity contribution in [3.05, 3.63) is 45.5 Å². The number of halogens is 2. The van der Waals surface area contributed by atoms with Crippen LogP contribution in [0.5, 0.6) is 0 Å². The van der Waals surface area contributed by atoms with Crippen molar-refractivity contribution < 1.29 is 9.63 Å². The monoisotopic (exact) mass is 311 g/mol. The number of hydrogen-bond donors (Lipinski definition) is 1. The summed E-state index contributed by atoms with van der Waals surface area (Å²) < 4.78 is 5.02. The lowest BCUT2D eigenvalue weighted by Gasteiger charge is -2.01. The smallest absolute Gasteiger partial charge is 0.229 e. The molecule has 0 aliphatic carbocycles. The van der Waals surface area contributed by atoms with Gasteiger partial charge in [-0.2, -0.15) is 10.2 Å². The second kappa shape index (κ2) is 6.71. The van der Waals surface area contributed by atoms with Crippen LogP contribution >= 0.6 is 23.2 Å². The number of aliphatic hydroxyl groups excluding tert-OH is 1. The third kappa shape index (κ3) is 3.94. The average molecular weight is 312 g/mol.